The number of aromatic nitrogens is 2. The number of nitrogens with zero attached hydrogens (tertiary/aromatic N) is 3. The van der Waals surface area contributed by atoms with E-state index in [1.54, 1.807) is 7.11 Å². The average molecular weight is 389 g/mol. The molecule has 1 aliphatic rings. The van der Waals surface area contributed by atoms with Crippen molar-refractivity contribution in [2.75, 3.05) is 13.7 Å². The van der Waals surface area contributed by atoms with Crippen LogP contribution in [0.4, 0.5) is 0 Å². The van der Waals surface area contributed by atoms with Crippen molar-refractivity contribution < 1.29 is 9.53 Å². The number of amides is 1. The molecule has 0 atom stereocenters. The first-order valence-corrected chi connectivity index (χ1v) is 10.1. The van der Waals surface area contributed by atoms with Gasteiger partial charge in [0.05, 0.1) is 13.7 Å². The third kappa shape index (κ3) is 4.86. The molecule has 0 aliphatic heterocycles. The first kappa shape index (κ1) is 19.2. The molecule has 1 aliphatic carbocycles. The van der Waals surface area contributed by atoms with Crippen LogP contribution in [-0.2, 0) is 13.1 Å². The maximum Gasteiger partial charge on any atom is 0.254 e. The molecule has 1 heterocycles. The fourth-order valence-corrected chi connectivity index (χ4v) is 3.44. The Morgan fingerprint density at radius 3 is 2.52 bits per heavy atom. The van der Waals surface area contributed by atoms with Gasteiger partial charge in [0.1, 0.15) is 11.6 Å². The Labute approximate surface area is 171 Å². The van der Waals surface area contributed by atoms with E-state index >= 15 is 0 Å². The van der Waals surface area contributed by atoms with E-state index in [9.17, 15) is 4.79 Å². The number of methoxy groups -OCH3 is 1. The summed E-state index contributed by atoms with van der Waals surface area (Å²) in [7, 11) is 1.67. The smallest absolute Gasteiger partial charge is 0.254 e. The van der Waals surface area contributed by atoms with Gasteiger partial charge in [-0.15, -0.1) is 0 Å². The zero-order valence-corrected chi connectivity index (χ0v) is 17.0. The lowest BCUT2D eigenvalue weighted by atomic mass is 10.1. The summed E-state index contributed by atoms with van der Waals surface area (Å²) in [5.74, 6) is 2.45. The highest BCUT2D eigenvalue weighted by Gasteiger charge is 2.28. The van der Waals surface area contributed by atoms with Crippen LogP contribution in [0.3, 0.4) is 0 Å². The Morgan fingerprint density at radius 2 is 1.86 bits per heavy atom. The minimum Gasteiger partial charge on any atom is -0.497 e. The van der Waals surface area contributed by atoms with E-state index < -0.39 is 0 Å². The van der Waals surface area contributed by atoms with E-state index in [-0.39, 0.29) is 5.91 Å². The predicted molar refractivity (Wildman–Crippen MR) is 113 cm³/mol. The molecule has 1 aromatic heterocycles. The normalized spacial score (nSPS) is 13.3. The van der Waals surface area contributed by atoms with Crippen LogP contribution in [-0.4, -0.2) is 34.0 Å². The summed E-state index contributed by atoms with van der Waals surface area (Å²) in [5.41, 5.74) is 3.07. The molecular weight excluding hydrogens is 362 g/mol. The van der Waals surface area contributed by atoms with Crippen LogP contribution in [0, 0.1) is 12.8 Å². The molecule has 4 rings (SSSR count). The van der Waals surface area contributed by atoms with Crippen molar-refractivity contribution in [3.05, 3.63) is 83.4 Å². The fourth-order valence-electron chi connectivity index (χ4n) is 3.44. The molecule has 0 radical (unpaired) electrons. The molecule has 0 saturated heterocycles. The molecule has 5 nitrogen and oxygen atoms in total. The first-order chi connectivity index (χ1) is 14.1. The number of hydrogen-bond donors (Lipinski definition) is 0. The molecule has 0 spiro atoms. The summed E-state index contributed by atoms with van der Waals surface area (Å²) in [5, 5.41) is 0. The number of ether oxygens (including phenoxy) is 1. The zero-order valence-electron chi connectivity index (χ0n) is 17.0. The summed E-state index contributed by atoms with van der Waals surface area (Å²) in [6, 6.07) is 15.9. The second kappa shape index (κ2) is 8.52. The number of rotatable bonds is 8. The lowest BCUT2D eigenvalue weighted by Crippen LogP contribution is -2.33. The number of imidazole rings is 1. The highest BCUT2D eigenvalue weighted by Crippen LogP contribution is 2.30. The van der Waals surface area contributed by atoms with Crippen molar-refractivity contribution in [2.45, 2.75) is 32.9 Å². The van der Waals surface area contributed by atoms with Crippen LogP contribution in [0.1, 0.15) is 40.2 Å². The van der Waals surface area contributed by atoms with Gasteiger partial charge in [0.25, 0.3) is 5.91 Å². The van der Waals surface area contributed by atoms with Gasteiger partial charge in [-0.3, -0.25) is 4.79 Å². The van der Waals surface area contributed by atoms with Gasteiger partial charge < -0.3 is 14.2 Å². The monoisotopic (exact) mass is 389 g/mol. The van der Waals surface area contributed by atoms with E-state index in [1.807, 2.05) is 60.6 Å². The molecule has 2 aromatic carbocycles. The molecule has 29 heavy (non-hydrogen) atoms. The van der Waals surface area contributed by atoms with Crippen LogP contribution < -0.4 is 4.74 Å². The van der Waals surface area contributed by atoms with Crippen LogP contribution in [0.15, 0.2) is 60.9 Å². The van der Waals surface area contributed by atoms with Crippen molar-refractivity contribution in [1.29, 1.82) is 0 Å². The maximum absolute atomic E-state index is 13.2. The van der Waals surface area contributed by atoms with Crippen LogP contribution >= 0.6 is 0 Å². The van der Waals surface area contributed by atoms with Gasteiger partial charge in [-0.05, 0) is 55.5 Å². The minimum absolute atomic E-state index is 0.0795. The number of benzene rings is 2. The van der Waals surface area contributed by atoms with E-state index in [2.05, 4.69) is 21.7 Å². The van der Waals surface area contributed by atoms with E-state index in [0.717, 1.165) is 35.8 Å². The Balaban J connectivity index is 1.51. The Morgan fingerprint density at radius 1 is 1.14 bits per heavy atom. The number of aryl methyl sites for hydroxylation is 1. The van der Waals surface area contributed by atoms with Crippen molar-refractivity contribution >= 4 is 5.91 Å². The van der Waals surface area contributed by atoms with Gasteiger partial charge in [0.2, 0.25) is 0 Å². The third-order valence-corrected chi connectivity index (χ3v) is 5.41. The Bertz CT molecular complexity index is 957. The molecular formula is C24H27N3O2. The zero-order chi connectivity index (χ0) is 20.2. The highest BCUT2D eigenvalue weighted by atomic mass is 16.5. The minimum atomic E-state index is 0.0795. The van der Waals surface area contributed by atoms with Gasteiger partial charge in [0.15, 0.2) is 0 Å². The van der Waals surface area contributed by atoms with Crippen molar-refractivity contribution in [3.8, 4) is 5.75 Å². The highest BCUT2D eigenvalue weighted by molar-refractivity contribution is 5.94. The van der Waals surface area contributed by atoms with Crippen LogP contribution in [0.2, 0.25) is 0 Å². The summed E-state index contributed by atoms with van der Waals surface area (Å²) < 4.78 is 7.35. The maximum atomic E-state index is 13.2. The largest absolute Gasteiger partial charge is 0.497 e. The number of carbonyl (C=O) groups excluding carboxylic acids is 1. The van der Waals surface area contributed by atoms with Crippen molar-refractivity contribution in [1.82, 2.24) is 14.5 Å². The Hall–Kier alpha value is -3.08. The molecule has 0 N–H and O–H groups in total. The second-order valence-corrected chi connectivity index (χ2v) is 7.81. The van der Waals surface area contributed by atoms with Gasteiger partial charge in [0, 0.05) is 31.0 Å². The van der Waals surface area contributed by atoms with Gasteiger partial charge in [-0.2, -0.15) is 0 Å². The van der Waals surface area contributed by atoms with Crippen LogP contribution in [0.25, 0.3) is 0 Å². The summed E-state index contributed by atoms with van der Waals surface area (Å²) in [6.45, 7) is 4.07. The molecule has 3 aromatic rings. The summed E-state index contributed by atoms with van der Waals surface area (Å²) in [4.78, 5) is 19.7. The molecule has 1 fully saturated rings. The topological polar surface area (TPSA) is 47.4 Å². The van der Waals surface area contributed by atoms with E-state index in [0.29, 0.717) is 12.5 Å². The molecule has 150 valence electrons. The van der Waals surface area contributed by atoms with Crippen molar-refractivity contribution in [2.24, 2.45) is 5.92 Å². The number of hydrogen-bond acceptors (Lipinski definition) is 3. The molecule has 0 bridgehead atoms. The quantitative estimate of drug-likeness (QED) is 0.577. The second-order valence-electron chi connectivity index (χ2n) is 7.81. The molecule has 5 heteroatoms. The van der Waals surface area contributed by atoms with Gasteiger partial charge in [-0.1, -0.05) is 29.8 Å². The first-order valence-electron chi connectivity index (χ1n) is 10.1. The standard InChI is InChI=1S/C24H27N3O2/c1-18-3-9-21(10-4-18)24(28)27(16-19-5-6-19)17-23-25-13-14-26(23)15-20-7-11-22(29-2)12-8-20/h3-4,7-14,19H,5-6,15-17H2,1-2H3. The Kier molecular flexibility index (Phi) is 5.65. The summed E-state index contributed by atoms with van der Waals surface area (Å²) >= 11 is 0. The van der Waals surface area contributed by atoms with Gasteiger partial charge >= 0.3 is 0 Å². The summed E-state index contributed by atoms with van der Waals surface area (Å²) in [6.07, 6.45) is 6.20. The lowest BCUT2D eigenvalue weighted by molar-refractivity contribution is 0.0729. The van der Waals surface area contributed by atoms with E-state index in [4.69, 9.17) is 4.74 Å². The van der Waals surface area contributed by atoms with E-state index in [1.165, 1.54) is 18.4 Å². The molecule has 1 saturated carbocycles. The van der Waals surface area contributed by atoms with Gasteiger partial charge in [-0.25, -0.2) is 4.98 Å². The fraction of sp³-hybridized carbons (Fsp3) is 0.333. The predicted octanol–water partition coefficient (Wildman–Crippen LogP) is 4.30. The molecule has 0 unspecified atom stereocenters. The van der Waals surface area contributed by atoms with Crippen LogP contribution in [0.5, 0.6) is 5.75 Å². The third-order valence-electron chi connectivity index (χ3n) is 5.41. The number of carbonyl (C=O) groups is 1. The average Bonchev–Trinajstić information content (AvgIpc) is 3.46. The molecule has 1 amide bonds. The SMILES string of the molecule is COc1ccc(Cn2ccnc2CN(CC2CC2)C(=O)c2ccc(C)cc2)cc1. The van der Waals surface area contributed by atoms with Crippen molar-refractivity contribution in [3.63, 3.8) is 0 Å². The lowest BCUT2D eigenvalue weighted by Gasteiger charge is -2.23.